The largest absolute Gasteiger partial charge is 0.480 e. The molecule has 1 heterocycles. The summed E-state index contributed by atoms with van der Waals surface area (Å²) in [4.78, 5) is 24.6. The Balaban J connectivity index is 2.01. The standard InChI is InChI=1S/C13H15BrN2O3/c14-10-3-1-2-9(6-10)7-11(17)16-5-4-13(15,8-16)12(18)19/h1-3,6H,4-5,7-8,15H2,(H,18,19). The predicted octanol–water partition coefficient (Wildman–Crippen LogP) is 1.01. The maximum atomic E-state index is 12.1. The molecule has 1 atom stereocenters. The topological polar surface area (TPSA) is 83.6 Å². The molecule has 0 aliphatic carbocycles. The molecule has 1 saturated heterocycles. The van der Waals surface area contributed by atoms with Crippen molar-refractivity contribution >= 4 is 27.8 Å². The van der Waals surface area contributed by atoms with E-state index in [1.165, 1.54) is 4.90 Å². The molecule has 1 aliphatic heterocycles. The maximum absolute atomic E-state index is 12.1. The lowest BCUT2D eigenvalue weighted by atomic mass is 10.0. The van der Waals surface area contributed by atoms with E-state index in [0.717, 1.165) is 10.0 Å². The van der Waals surface area contributed by atoms with Crippen LogP contribution in [0.4, 0.5) is 0 Å². The first kappa shape index (κ1) is 14.0. The van der Waals surface area contributed by atoms with Crippen LogP contribution in [0.25, 0.3) is 0 Å². The molecular weight excluding hydrogens is 312 g/mol. The molecule has 2 rings (SSSR count). The van der Waals surface area contributed by atoms with E-state index in [4.69, 9.17) is 10.8 Å². The average molecular weight is 327 g/mol. The van der Waals surface area contributed by atoms with Gasteiger partial charge in [-0.2, -0.15) is 0 Å². The number of nitrogens with zero attached hydrogens (tertiary/aromatic N) is 1. The van der Waals surface area contributed by atoms with Crippen molar-refractivity contribution in [2.75, 3.05) is 13.1 Å². The molecule has 1 aliphatic rings. The van der Waals surface area contributed by atoms with Crippen LogP contribution in [0.3, 0.4) is 0 Å². The fourth-order valence-electron chi connectivity index (χ4n) is 2.15. The number of aliphatic carboxylic acids is 1. The van der Waals surface area contributed by atoms with Crippen LogP contribution in [-0.4, -0.2) is 40.5 Å². The van der Waals surface area contributed by atoms with Gasteiger partial charge in [0.25, 0.3) is 0 Å². The summed E-state index contributed by atoms with van der Waals surface area (Å²) in [6, 6.07) is 7.49. The minimum atomic E-state index is -1.30. The third kappa shape index (κ3) is 3.13. The van der Waals surface area contributed by atoms with Gasteiger partial charge in [-0.15, -0.1) is 0 Å². The quantitative estimate of drug-likeness (QED) is 0.868. The van der Waals surface area contributed by atoms with Crippen LogP contribution >= 0.6 is 15.9 Å². The summed E-state index contributed by atoms with van der Waals surface area (Å²) < 4.78 is 0.915. The second-order valence-electron chi connectivity index (χ2n) is 4.83. The summed E-state index contributed by atoms with van der Waals surface area (Å²) in [5.74, 6) is -1.14. The lowest BCUT2D eigenvalue weighted by Gasteiger charge is -2.20. The molecule has 6 heteroatoms. The zero-order valence-electron chi connectivity index (χ0n) is 10.3. The van der Waals surface area contributed by atoms with Gasteiger partial charge in [-0.05, 0) is 24.1 Å². The van der Waals surface area contributed by atoms with E-state index < -0.39 is 11.5 Å². The van der Waals surface area contributed by atoms with Gasteiger partial charge in [0, 0.05) is 17.6 Å². The molecule has 0 radical (unpaired) electrons. The number of hydrogen-bond donors (Lipinski definition) is 2. The van der Waals surface area contributed by atoms with Crippen molar-refractivity contribution in [3.63, 3.8) is 0 Å². The van der Waals surface area contributed by atoms with Gasteiger partial charge in [-0.3, -0.25) is 9.59 Å². The highest BCUT2D eigenvalue weighted by Crippen LogP contribution is 2.20. The van der Waals surface area contributed by atoms with Crippen molar-refractivity contribution < 1.29 is 14.7 Å². The fourth-order valence-corrected chi connectivity index (χ4v) is 2.60. The summed E-state index contributed by atoms with van der Waals surface area (Å²) in [5, 5.41) is 9.03. The highest BCUT2D eigenvalue weighted by Gasteiger charge is 2.42. The number of carbonyl (C=O) groups is 2. The molecule has 0 saturated carbocycles. The number of hydrogen-bond acceptors (Lipinski definition) is 3. The molecule has 0 aromatic heterocycles. The van der Waals surface area contributed by atoms with Crippen molar-refractivity contribution in [3.8, 4) is 0 Å². The number of carbonyl (C=O) groups excluding carboxylic acids is 1. The molecule has 0 spiro atoms. The number of amides is 1. The van der Waals surface area contributed by atoms with Crippen molar-refractivity contribution in [2.45, 2.75) is 18.4 Å². The normalized spacial score (nSPS) is 22.5. The summed E-state index contributed by atoms with van der Waals surface area (Å²) in [6.45, 7) is 0.477. The molecule has 102 valence electrons. The molecule has 1 unspecified atom stereocenters. The molecule has 1 aromatic carbocycles. The predicted molar refractivity (Wildman–Crippen MR) is 73.6 cm³/mol. The lowest BCUT2D eigenvalue weighted by molar-refractivity contribution is -0.143. The lowest BCUT2D eigenvalue weighted by Crippen LogP contribution is -2.50. The Morgan fingerprint density at radius 2 is 2.21 bits per heavy atom. The van der Waals surface area contributed by atoms with Gasteiger partial charge in [-0.1, -0.05) is 28.1 Å². The van der Waals surface area contributed by atoms with Crippen LogP contribution < -0.4 is 5.73 Å². The monoisotopic (exact) mass is 326 g/mol. The highest BCUT2D eigenvalue weighted by molar-refractivity contribution is 9.10. The Morgan fingerprint density at radius 1 is 1.47 bits per heavy atom. The number of benzene rings is 1. The summed E-state index contributed by atoms with van der Waals surface area (Å²) in [5.41, 5.74) is 5.34. The zero-order valence-corrected chi connectivity index (χ0v) is 11.9. The van der Waals surface area contributed by atoms with Crippen LogP contribution in [0.15, 0.2) is 28.7 Å². The van der Waals surface area contributed by atoms with Gasteiger partial charge in [0.05, 0.1) is 6.42 Å². The van der Waals surface area contributed by atoms with E-state index >= 15 is 0 Å². The highest BCUT2D eigenvalue weighted by atomic mass is 79.9. The average Bonchev–Trinajstić information content (AvgIpc) is 2.73. The van der Waals surface area contributed by atoms with Gasteiger partial charge < -0.3 is 15.7 Å². The van der Waals surface area contributed by atoms with E-state index in [9.17, 15) is 9.59 Å². The Kier molecular flexibility index (Phi) is 3.91. The summed E-state index contributed by atoms with van der Waals surface area (Å²) in [6.07, 6.45) is 0.557. The van der Waals surface area contributed by atoms with Crippen LogP contribution in [0.1, 0.15) is 12.0 Å². The molecule has 1 fully saturated rings. The number of carboxylic acids is 1. The fraction of sp³-hybridized carbons (Fsp3) is 0.385. The van der Waals surface area contributed by atoms with E-state index in [1.807, 2.05) is 24.3 Å². The molecular formula is C13H15BrN2O3. The van der Waals surface area contributed by atoms with Gasteiger partial charge >= 0.3 is 5.97 Å². The minimum absolute atomic E-state index is 0.0785. The number of likely N-dealkylation sites (tertiary alicyclic amines) is 1. The van der Waals surface area contributed by atoms with E-state index in [1.54, 1.807) is 0 Å². The SMILES string of the molecule is NC1(C(=O)O)CCN(C(=O)Cc2cccc(Br)c2)C1. The maximum Gasteiger partial charge on any atom is 0.325 e. The first-order chi connectivity index (χ1) is 8.90. The van der Waals surface area contributed by atoms with Crippen LogP contribution in [0.2, 0.25) is 0 Å². The molecule has 1 amide bonds. The molecule has 19 heavy (non-hydrogen) atoms. The van der Waals surface area contributed by atoms with Gasteiger partial charge in [0.1, 0.15) is 5.54 Å². The van der Waals surface area contributed by atoms with Gasteiger partial charge in [0.2, 0.25) is 5.91 Å². The second-order valence-corrected chi connectivity index (χ2v) is 5.75. The number of nitrogens with two attached hydrogens (primary N) is 1. The first-order valence-corrected chi connectivity index (χ1v) is 6.74. The Hall–Kier alpha value is -1.40. The first-order valence-electron chi connectivity index (χ1n) is 5.95. The van der Waals surface area contributed by atoms with Crippen LogP contribution in [0, 0.1) is 0 Å². The summed E-state index contributed by atoms with van der Waals surface area (Å²) >= 11 is 3.35. The Morgan fingerprint density at radius 3 is 2.79 bits per heavy atom. The summed E-state index contributed by atoms with van der Waals surface area (Å²) in [7, 11) is 0. The van der Waals surface area contributed by atoms with Gasteiger partial charge in [-0.25, -0.2) is 0 Å². The molecule has 0 bridgehead atoms. The number of halogens is 1. The molecule has 1 aromatic rings. The zero-order chi connectivity index (χ0) is 14.0. The van der Waals surface area contributed by atoms with Crippen molar-refractivity contribution in [2.24, 2.45) is 5.73 Å². The van der Waals surface area contributed by atoms with Crippen molar-refractivity contribution in [1.82, 2.24) is 4.90 Å². The third-order valence-corrected chi connectivity index (χ3v) is 3.82. The Labute approximate surface area is 119 Å². The van der Waals surface area contributed by atoms with Crippen molar-refractivity contribution in [1.29, 1.82) is 0 Å². The smallest absolute Gasteiger partial charge is 0.325 e. The Bertz CT molecular complexity index is 520. The third-order valence-electron chi connectivity index (χ3n) is 3.32. The van der Waals surface area contributed by atoms with Crippen molar-refractivity contribution in [3.05, 3.63) is 34.3 Å². The number of carboxylic acid groups (broad SMARTS) is 1. The molecule has 5 nitrogen and oxygen atoms in total. The van der Waals surface area contributed by atoms with E-state index in [2.05, 4.69) is 15.9 Å². The van der Waals surface area contributed by atoms with E-state index in [-0.39, 0.29) is 18.9 Å². The van der Waals surface area contributed by atoms with Gasteiger partial charge in [0.15, 0.2) is 0 Å². The van der Waals surface area contributed by atoms with E-state index in [0.29, 0.717) is 13.0 Å². The van der Waals surface area contributed by atoms with Crippen LogP contribution in [-0.2, 0) is 16.0 Å². The minimum Gasteiger partial charge on any atom is -0.480 e. The van der Waals surface area contributed by atoms with Crippen LogP contribution in [0.5, 0.6) is 0 Å². The molecule has 3 N–H and O–H groups in total. The number of rotatable bonds is 3. The second kappa shape index (κ2) is 5.30.